The number of nitrogens with zero attached hydrogens (tertiary/aromatic N) is 4. The lowest BCUT2D eigenvalue weighted by Gasteiger charge is -2.13. The number of hydrogen-bond acceptors (Lipinski definition) is 6. The van der Waals surface area contributed by atoms with Crippen LogP contribution in [0.2, 0.25) is 0 Å². The van der Waals surface area contributed by atoms with Crippen molar-refractivity contribution in [2.45, 2.75) is 46.6 Å². The number of carbonyl (C=O) groups excluding carboxylic acids is 1. The first-order chi connectivity index (χ1) is 18.4. The molecular formula is C30H29N5O3. The van der Waals surface area contributed by atoms with Gasteiger partial charge in [-0.05, 0) is 62.1 Å². The molecule has 38 heavy (non-hydrogen) atoms. The highest BCUT2D eigenvalue weighted by Crippen LogP contribution is 2.24. The van der Waals surface area contributed by atoms with E-state index in [1.54, 1.807) is 22.9 Å². The van der Waals surface area contributed by atoms with Crippen molar-refractivity contribution in [2.24, 2.45) is 0 Å². The van der Waals surface area contributed by atoms with Gasteiger partial charge in [-0.3, -0.25) is 9.59 Å². The molecule has 8 heteroatoms. The van der Waals surface area contributed by atoms with Crippen LogP contribution in [0.4, 0.5) is 5.69 Å². The Balaban J connectivity index is 1.47. The van der Waals surface area contributed by atoms with E-state index in [9.17, 15) is 9.59 Å². The summed E-state index contributed by atoms with van der Waals surface area (Å²) in [6.45, 7) is 5.92. The largest absolute Gasteiger partial charge is 0.333 e. The molecule has 0 aliphatic rings. The van der Waals surface area contributed by atoms with Crippen LogP contribution in [0, 0.1) is 13.8 Å². The molecule has 0 saturated carbocycles. The minimum atomic E-state index is -0.285. The second-order valence-electron chi connectivity index (χ2n) is 9.41. The number of benzene rings is 2. The maximum absolute atomic E-state index is 13.4. The third-order valence-corrected chi connectivity index (χ3v) is 6.47. The van der Waals surface area contributed by atoms with Crippen LogP contribution in [0.5, 0.6) is 0 Å². The van der Waals surface area contributed by atoms with Crippen LogP contribution >= 0.6 is 0 Å². The quantitative estimate of drug-likeness (QED) is 0.288. The Morgan fingerprint density at radius 1 is 0.974 bits per heavy atom. The van der Waals surface area contributed by atoms with Gasteiger partial charge in [-0.1, -0.05) is 54.9 Å². The van der Waals surface area contributed by atoms with Gasteiger partial charge in [0.05, 0.1) is 5.39 Å². The zero-order chi connectivity index (χ0) is 26.6. The van der Waals surface area contributed by atoms with E-state index in [2.05, 4.69) is 27.4 Å². The summed E-state index contributed by atoms with van der Waals surface area (Å²) in [5, 5.41) is 7.42. The van der Waals surface area contributed by atoms with Crippen LogP contribution < -0.4 is 10.7 Å². The van der Waals surface area contributed by atoms with E-state index in [0.29, 0.717) is 22.5 Å². The summed E-state index contributed by atoms with van der Waals surface area (Å²) < 4.78 is 7.17. The summed E-state index contributed by atoms with van der Waals surface area (Å²) in [6.07, 6.45) is 4.85. The van der Waals surface area contributed by atoms with Crippen molar-refractivity contribution < 1.29 is 9.32 Å². The van der Waals surface area contributed by atoms with Crippen LogP contribution in [-0.4, -0.2) is 25.6 Å². The number of anilines is 1. The maximum Gasteiger partial charge on any atom is 0.263 e. The van der Waals surface area contributed by atoms with Crippen molar-refractivity contribution in [1.29, 1.82) is 0 Å². The lowest BCUT2D eigenvalue weighted by molar-refractivity contribution is -0.116. The molecule has 192 valence electrons. The van der Waals surface area contributed by atoms with Crippen LogP contribution in [0.15, 0.2) is 76.2 Å². The third-order valence-electron chi connectivity index (χ3n) is 6.47. The van der Waals surface area contributed by atoms with Crippen molar-refractivity contribution >= 4 is 22.6 Å². The molecule has 1 amide bonds. The molecule has 0 atom stereocenters. The average molecular weight is 508 g/mol. The van der Waals surface area contributed by atoms with E-state index in [1.807, 2.05) is 62.4 Å². The smallest absolute Gasteiger partial charge is 0.263 e. The number of rotatable bonds is 8. The Morgan fingerprint density at radius 3 is 2.53 bits per heavy atom. The minimum Gasteiger partial charge on any atom is -0.333 e. The molecule has 3 aromatic heterocycles. The maximum atomic E-state index is 13.4. The van der Waals surface area contributed by atoms with Gasteiger partial charge in [-0.15, -0.1) is 0 Å². The number of pyridine rings is 2. The first kappa shape index (κ1) is 25.1. The van der Waals surface area contributed by atoms with Gasteiger partial charge in [0.25, 0.3) is 5.89 Å². The Bertz CT molecular complexity index is 1670. The Labute approximate surface area is 220 Å². The molecule has 0 fully saturated rings. The van der Waals surface area contributed by atoms with E-state index in [4.69, 9.17) is 4.52 Å². The monoisotopic (exact) mass is 507 g/mol. The molecule has 2 aromatic carbocycles. The fourth-order valence-electron chi connectivity index (χ4n) is 4.39. The zero-order valence-electron chi connectivity index (χ0n) is 21.7. The van der Waals surface area contributed by atoms with Crippen molar-refractivity contribution in [3.05, 3.63) is 93.9 Å². The predicted octanol–water partition coefficient (Wildman–Crippen LogP) is 5.71. The SMILES string of the molecule is CCCCc1ccc(NC(=O)Cn2cc(-c3nc(-c4ccccc4C)no3)c(=O)c3ccc(C)nc32)cc1. The number of unbranched alkanes of at least 4 members (excludes halogenated alkanes) is 1. The molecule has 8 nitrogen and oxygen atoms in total. The molecular weight excluding hydrogens is 478 g/mol. The molecule has 3 heterocycles. The molecule has 0 aliphatic carbocycles. The minimum absolute atomic E-state index is 0.0450. The first-order valence-electron chi connectivity index (χ1n) is 12.7. The van der Waals surface area contributed by atoms with Gasteiger partial charge in [0.15, 0.2) is 0 Å². The Kier molecular flexibility index (Phi) is 7.13. The van der Waals surface area contributed by atoms with Crippen molar-refractivity contribution in [3.8, 4) is 22.8 Å². The molecule has 5 rings (SSSR count). The normalized spacial score (nSPS) is 11.1. The van der Waals surface area contributed by atoms with Gasteiger partial charge in [-0.25, -0.2) is 4.98 Å². The van der Waals surface area contributed by atoms with Crippen molar-refractivity contribution in [1.82, 2.24) is 19.7 Å². The highest BCUT2D eigenvalue weighted by atomic mass is 16.5. The van der Waals surface area contributed by atoms with Gasteiger partial charge < -0.3 is 14.4 Å². The zero-order valence-corrected chi connectivity index (χ0v) is 21.7. The summed E-state index contributed by atoms with van der Waals surface area (Å²) in [6, 6.07) is 19.0. The second kappa shape index (κ2) is 10.8. The van der Waals surface area contributed by atoms with Crippen LogP contribution in [0.25, 0.3) is 33.9 Å². The van der Waals surface area contributed by atoms with Crippen LogP contribution in [0.3, 0.4) is 0 Å². The summed E-state index contributed by atoms with van der Waals surface area (Å²) in [5.74, 6) is 0.246. The number of carbonyl (C=O) groups is 1. The highest BCUT2D eigenvalue weighted by molar-refractivity contribution is 5.92. The molecule has 0 radical (unpaired) electrons. The molecule has 0 unspecified atom stereocenters. The van der Waals surface area contributed by atoms with Gasteiger partial charge in [0.1, 0.15) is 17.8 Å². The number of nitrogens with one attached hydrogen (secondary N) is 1. The second-order valence-corrected chi connectivity index (χ2v) is 9.41. The Hall–Kier alpha value is -4.59. The van der Waals surface area contributed by atoms with Crippen LogP contribution in [-0.2, 0) is 17.8 Å². The van der Waals surface area contributed by atoms with Crippen molar-refractivity contribution in [2.75, 3.05) is 5.32 Å². The standard InChI is InChI=1S/C30H29N5O3/c1-4-5-9-21-12-14-22(15-13-21)32-26(36)18-35-17-25(27(37)24-16-11-20(3)31-29(24)35)30-33-28(34-38-30)23-10-7-6-8-19(23)2/h6-8,10-17H,4-5,9,18H2,1-3H3,(H,32,36). The molecule has 0 aliphatic heterocycles. The van der Waals surface area contributed by atoms with E-state index < -0.39 is 0 Å². The molecule has 1 N–H and O–H groups in total. The van der Waals surface area contributed by atoms with E-state index in [0.717, 1.165) is 36.1 Å². The van der Waals surface area contributed by atoms with Gasteiger partial charge in [0, 0.05) is 23.1 Å². The van der Waals surface area contributed by atoms with Gasteiger partial charge in [-0.2, -0.15) is 4.98 Å². The summed E-state index contributed by atoms with van der Waals surface area (Å²) >= 11 is 0. The van der Waals surface area contributed by atoms with Crippen LogP contribution in [0.1, 0.15) is 36.6 Å². The highest BCUT2D eigenvalue weighted by Gasteiger charge is 2.19. The van der Waals surface area contributed by atoms with E-state index in [1.165, 1.54) is 5.56 Å². The summed E-state index contributed by atoms with van der Waals surface area (Å²) in [7, 11) is 0. The predicted molar refractivity (Wildman–Crippen MR) is 148 cm³/mol. The molecule has 0 spiro atoms. The summed E-state index contributed by atoms with van der Waals surface area (Å²) in [4.78, 5) is 35.5. The number of fused-ring (bicyclic) bond motifs is 1. The fraction of sp³-hybridized carbons (Fsp3) is 0.233. The third kappa shape index (κ3) is 5.25. The van der Waals surface area contributed by atoms with Crippen molar-refractivity contribution in [3.63, 3.8) is 0 Å². The number of aromatic nitrogens is 4. The number of hydrogen-bond donors (Lipinski definition) is 1. The summed E-state index contributed by atoms with van der Waals surface area (Å²) in [5.41, 5.74) is 4.85. The molecule has 5 aromatic rings. The number of amides is 1. The fourth-order valence-corrected chi connectivity index (χ4v) is 4.39. The van der Waals surface area contributed by atoms with E-state index in [-0.39, 0.29) is 29.3 Å². The number of aryl methyl sites for hydroxylation is 3. The molecule has 0 bridgehead atoms. The van der Waals surface area contributed by atoms with Gasteiger partial charge in [0.2, 0.25) is 17.2 Å². The average Bonchev–Trinajstić information content (AvgIpc) is 3.40. The topological polar surface area (TPSA) is 103 Å². The lowest BCUT2D eigenvalue weighted by atomic mass is 10.1. The molecule has 0 saturated heterocycles. The lowest BCUT2D eigenvalue weighted by Crippen LogP contribution is -2.22. The Morgan fingerprint density at radius 2 is 1.76 bits per heavy atom. The first-order valence-corrected chi connectivity index (χ1v) is 12.7. The van der Waals surface area contributed by atoms with Gasteiger partial charge >= 0.3 is 0 Å². The van der Waals surface area contributed by atoms with E-state index >= 15 is 0 Å².